The Labute approximate surface area is 217 Å². The van der Waals surface area contributed by atoms with Crippen LogP contribution < -0.4 is 5.32 Å². The van der Waals surface area contributed by atoms with Crippen LogP contribution in [0.25, 0.3) is 11.1 Å². The van der Waals surface area contributed by atoms with Crippen LogP contribution in [0.15, 0.2) is 66.7 Å². The van der Waals surface area contributed by atoms with Crippen molar-refractivity contribution in [2.45, 2.75) is 37.7 Å². The van der Waals surface area contributed by atoms with Gasteiger partial charge in [-0.25, -0.2) is 0 Å². The van der Waals surface area contributed by atoms with Crippen molar-refractivity contribution in [3.8, 4) is 11.1 Å². The van der Waals surface area contributed by atoms with Crippen LogP contribution in [-0.2, 0) is 6.42 Å². The smallest absolute Gasteiger partial charge is 0.251 e. The number of carbonyl (C=O) groups is 1. The number of aliphatic hydroxyl groups is 1. The molecule has 0 saturated carbocycles. The average Bonchev–Trinajstić information content (AvgIpc) is 2.88. The van der Waals surface area contributed by atoms with Gasteiger partial charge in [-0.2, -0.15) is 0 Å². The Bertz CT molecular complexity index is 1150. The average molecular weight is 511 g/mol. The number of β-amino-alcohol motifs (C(OH)–C–C–N with tert-alkyl or cyclic N) is 1. The predicted molar refractivity (Wildman–Crippen MR) is 144 cm³/mol. The third-order valence-corrected chi connectivity index (χ3v) is 7.63. The molecule has 0 unspecified atom stereocenters. The summed E-state index contributed by atoms with van der Waals surface area (Å²) in [7, 11) is 1.64. The number of aryl methyl sites for hydroxylation is 1. The summed E-state index contributed by atoms with van der Waals surface area (Å²) >= 11 is 12.4. The quantitative estimate of drug-likeness (QED) is 0.355. The molecule has 1 amide bonds. The molecule has 0 aromatic heterocycles. The van der Waals surface area contributed by atoms with Gasteiger partial charge in [-0.15, -0.1) is 0 Å². The molecule has 4 nitrogen and oxygen atoms in total. The highest BCUT2D eigenvalue weighted by Gasteiger charge is 2.28. The van der Waals surface area contributed by atoms with Crippen LogP contribution in [0, 0.1) is 0 Å². The summed E-state index contributed by atoms with van der Waals surface area (Å²) < 4.78 is 0. The summed E-state index contributed by atoms with van der Waals surface area (Å²) in [4.78, 5) is 15.0. The van der Waals surface area contributed by atoms with Gasteiger partial charge in [0.1, 0.15) is 0 Å². The molecule has 1 aliphatic rings. The van der Waals surface area contributed by atoms with Gasteiger partial charge >= 0.3 is 0 Å². The van der Waals surface area contributed by atoms with E-state index in [9.17, 15) is 9.90 Å². The third kappa shape index (κ3) is 6.25. The van der Waals surface area contributed by atoms with E-state index in [1.807, 2.05) is 42.5 Å². The standard InChI is InChI=1S/C29H32Cl2N2O2/c1-32-29(35)24-12-7-11-21(28(24)22-13-14-25(30)26(31)18-22)10-5-6-16-33-17-15-23(27(34)19-33)20-8-3-2-4-9-20/h2-4,7-9,11-14,18,23,27,34H,5-6,10,15-17,19H2,1H3,(H,32,35)/t23-,27+/m1/s1. The molecule has 1 fully saturated rings. The normalized spacial score (nSPS) is 18.4. The fourth-order valence-corrected chi connectivity index (χ4v) is 5.36. The number of benzene rings is 3. The molecule has 2 atom stereocenters. The van der Waals surface area contributed by atoms with Crippen molar-refractivity contribution in [1.29, 1.82) is 0 Å². The van der Waals surface area contributed by atoms with E-state index in [-0.39, 0.29) is 17.9 Å². The molecular formula is C29H32Cl2N2O2. The number of likely N-dealkylation sites (tertiary alicyclic amines) is 1. The first kappa shape index (κ1) is 25.7. The Morgan fingerprint density at radius 1 is 1.03 bits per heavy atom. The number of carbonyl (C=O) groups excluding carboxylic acids is 1. The Hall–Kier alpha value is -2.37. The van der Waals surface area contributed by atoms with E-state index in [1.165, 1.54) is 5.56 Å². The molecule has 184 valence electrons. The van der Waals surface area contributed by atoms with Crippen LogP contribution in [0.1, 0.15) is 46.7 Å². The van der Waals surface area contributed by atoms with Crippen LogP contribution in [0.5, 0.6) is 0 Å². The number of rotatable bonds is 8. The lowest BCUT2D eigenvalue weighted by molar-refractivity contribution is 0.0506. The maximum Gasteiger partial charge on any atom is 0.251 e. The Morgan fingerprint density at radius 2 is 1.83 bits per heavy atom. The first-order valence-electron chi connectivity index (χ1n) is 12.2. The SMILES string of the molecule is CNC(=O)c1cccc(CCCCN2CC[C@H](c3ccccc3)[C@@H](O)C2)c1-c1ccc(Cl)c(Cl)c1. The van der Waals surface area contributed by atoms with Crippen molar-refractivity contribution in [2.75, 3.05) is 26.7 Å². The number of hydrogen-bond acceptors (Lipinski definition) is 3. The monoisotopic (exact) mass is 510 g/mol. The van der Waals surface area contributed by atoms with Gasteiger partial charge in [0, 0.05) is 25.1 Å². The van der Waals surface area contributed by atoms with Crippen molar-refractivity contribution in [1.82, 2.24) is 10.2 Å². The number of unbranched alkanes of at least 4 members (excludes halogenated alkanes) is 1. The molecule has 0 radical (unpaired) electrons. The molecule has 35 heavy (non-hydrogen) atoms. The molecule has 3 aromatic carbocycles. The van der Waals surface area contributed by atoms with E-state index in [0.717, 1.165) is 55.5 Å². The van der Waals surface area contributed by atoms with Crippen molar-refractivity contribution in [2.24, 2.45) is 0 Å². The summed E-state index contributed by atoms with van der Waals surface area (Å²) in [5, 5.41) is 14.4. The highest BCUT2D eigenvalue weighted by atomic mass is 35.5. The van der Waals surface area contributed by atoms with Crippen LogP contribution in [0.2, 0.25) is 10.0 Å². The molecule has 1 aliphatic heterocycles. The van der Waals surface area contributed by atoms with Crippen LogP contribution in [0.3, 0.4) is 0 Å². The fraction of sp³-hybridized carbons (Fsp3) is 0.345. The van der Waals surface area contributed by atoms with E-state index in [0.29, 0.717) is 22.2 Å². The highest BCUT2D eigenvalue weighted by molar-refractivity contribution is 6.42. The molecule has 0 bridgehead atoms. The zero-order valence-electron chi connectivity index (χ0n) is 20.0. The highest BCUT2D eigenvalue weighted by Crippen LogP contribution is 2.34. The number of nitrogens with one attached hydrogen (secondary N) is 1. The Kier molecular flexibility index (Phi) is 8.85. The van der Waals surface area contributed by atoms with Crippen molar-refractivity contribution < 1.29 is 9.90 Å². The molecule has 0 spiro atoms. The fourth-order valence-electron chi connectivity index (χ4n) is 5.07. The zero-order chi connectivity index (χ0) is 24.8. The van der Waals surface area contributed by atoms with Crippen molar-refractivity contribution in [3.63, 3.8) is 0 Å². The lowest BCUT2D eigenvalue weighted by atomic mass is 9.87. The van der Waals surface area contributed by atoms with Crippen molar-refractivity contribution in [3.05, 3.63) is 93.5 Å². The second-order valence-corrected chi connectivity index (χ2v) is 9.99. The minimum Gasteiger partial charge on any atom is -0.391 e. The first-order chi connectivity index (χ1) is 17.0. The Balaban J connectivity index is 1.39. The van der Waals surface area contributed by atoms with Gasteiger partial charge in [0.15, 0.2) is 0 Å². The minimum atomic E-state index is -0.336. The summed E-state index contributed by atoms with van der Waals surface area (Å²) in [5.74, 6) is 0.0943. The molecule has 4 rings (SSSR count). The summed E-state index contributed by atoms with van der Waals surface area (Å²) in [6.07, 6.45) is 3.50. The van der Waals surface area contributed by atoms with Crippen LogP contribution in [-0.4, -0.2) is 48.7 Å². The predicted octanol–water partition coefficient (Wildman–Crippen LogP) is 6.19. The van der Waals surface area contributed by atoms with E-state index < -0.39 is 0 Å². The van der Waals surface area contributed by atoms with Gasteiger partial charge in [-0.1, -0.05) is 71.7 Å². The lowest BCUT2D eigenvalue weighted by Gasteiger charge is -2.36. The summed E-state index contributed by atoms with van der Waals surface area (Å²) in [6.45, 7) is 2.66. The molecule has 1 heterocycles. The van der Waals surface area contributed by atoms with E-state index in [4.69, 9.17) is 23.2 Å². The number of nitrogens with zero attached hydrogens (tertiary/aromatic N) is 1. The topological polar surface area (TPSA) is 52.6 Å². The number of hydrogen-bond donors (Lipinski definition) is 2. The van der Waals surface area contributed by atoms with E-state index in [2.05, 4.69) is 28.4 Å². The van der Waals surface area contributed by atoms with Crippen molar-refractivity contribution >= 4 is 29.1 Å². The summed E-state index contributed by atoms with van der Waals surface area (Å²) in [5.41, 5.74) is 4.77. The summed E-state index contributed by atoms with van der Waals surface area (Å²) in [6, 6.07) is 21.7. The van der Waals surface area contributed by atoms with Crippen LogP contribution >= 0.6 is 23.2 Å². The largest absolute Gasteiger partial charge is 0.391 e. The molecule has 0 aliphatic carbocycles. The molecule has 2 N–H and O–H groups in total. The molecule has 3 aromatic rings. The van der Waals surface area contributed by atoms with Gasteiger partial charge in [-0.05, 0) is 79.2 Å². The number of piperidine rings is 1. The minimum absolute atomic E-state index is 0.122. The van der Waals surface area contributed by atoms with Gasteiger partial charge in [0.05, 0.1) is 16.1 Å². The number of halogens is 2. The van der Waals surface area contributed by atoms with Gasteiger partial charge < -0.3 is 15.3 Å². The van der Waals surface area contributed by atoms with Gasteiger partial charge in [-0.3, -0.25) is 4.79 Å². The zero-order valence-corrected chi connectivity index (χ0v) is 21.5. The Morgan fingerprint density at radius 3 is 2.54 bits per heavy atom. The maximum atomic E-state index is 12.6. The molecule has 1 saturated heterocycles. The van der Waals surface area contributed by atoms with Crippen LogP contribution in [0.4, 0.5) is 0 Å². The second-order valence-electron chi connectivity index (χ2n) is 9.18. The molecule has 6 heteroatoms. The van der Waals surface area contributed by atoms with E-state index in [1.54, 1.807) is 13.1 Å². The van der Waals surface area contributed by atoms with Gasteiger partial charge in [0.25, 0.3) is 5.91 Å². The third-order valence-electron chi connectivity index (χ3n) is 6.89. The number of amides is 1. The maximum absolute atomic E-state index is 12.6. The number of aliphatic hydroxyl groups excluding tert-OH is 1. The second kappa shape index (κ2) is 12.0. The lowest BCUT2D eigenvalue weighted by Crippen LogP contribution is -2.43. The first-order valence-corrected chi connectivity index (χ1v) is 13.0. The van der Waals surface area contributed by atoms with E-state index >= 15 is 0 Å². The molecular weight excluding hydrogens is 479 g/mol. The van der Waals surface area contributed by atoms with Gasteiger partial charge in [0.2, 0.25) is 0 Å².